The molecule has 1 aromatic carbocycles. The Balaban J connectivity index is 1.31. The molecule has 0 N–H and O–H groups in total. The van der Waals surface area contributed by atoms with Crippen molar-refractivity contribution in [2.24, 2.45) is 11.8 Å². The molecule has 2 aromatic heterocycles. The molecule has 1 aliphatic carbocycles. The Kier molecular flexibility index (Phi) is 4.50. The second kappa shape index (κ2) is 6.97. The first-order valence-electron chi connectivity index (χ1n) is 9.77. The summed E-state index contributed by atoms with van der Waals surface area (Å²) in [7, 11) is 0. The van der Waals surface area contributed by atoms with Gasteiger partial charge in [-0.1, -0.05) is 29.8 Å². The molecule has 156 valence electrons. The highest BCUT2D eigenvalue weighted by molar-refractivity contribution is 6.29. The predicted molar refractivity (Wildman–Crippen MR) is 104 cm³/mol. The molecule has 3 heterocycles. The maximum Gasteiger partial charge on any atom is 0.416 e. The lowest BCUT2D eigenvalue weighted by Gasteiger charge is -2.21. The number of aromatic nitrogens is 3. The van der Waals surface area contributed by atoms with Gasteiger partial charge < -0.3 is 4.90 Å². The van der Waals surface area contributed by atoms with E-state index in [4.69, 9.17) is 11.6 Å². The molecule has 1 saturated carbocycles. The summed E-state index contributed by atoms with van der Waals surface area (Å²) in [5.74, 6) is 0.0876. The van der Waals surface area contributed by atoms with Crippen LogP contribution in [-0.2, 0) is 6.18 Å². The Hall–Kier alpha value is -2.61. The number of hydrogen-bond acceptors (Lipinski definition) is 3. The van der Waals surface area contributed by atoms with Crippen molar-refractivity contribution in [3.05, 3.63) is 64.6 Å². The van der Waals surface area contributed by atoms with Gasteiger partial charge in [-0.3, -0.25) is 4.79 Å². The first-order valence-corrected chi connectivity index (χ1v) is 10.1. The van der Waals surface area contributed by atoms with Gasteiger partial charge >= 0.3 is 6.18 Å². The van der Waals surface area contributed by atoms with Gasteiger partial charge in [-0.25, -0.2) is 9.50 Å². The maximum absolute atomic E-state index is 13.4. The molecule has 9 heteroatoms. The molecule has 2 aliphatic rings. The number of benzene rings is 1. The summed E-state index contributed by atoms with van der Waals surface area (Å²) in [6.45, 7) is 1.08. The van der Waals surface area contributed by atoms with Crippen LogP contribution in [0.3, 0.4) is 0 Å². The summed E-state index contributed by atoms with van der Waals surface area (Å²) in [5, 5.41) is 4.40. The molecule has 3 atom stereocenters. The summed E-state index contributed by atoms with van der Waals surface area (Å²) in [4.78, 5) is 19.0. The summed E-state index contributed by atoms with van der Waals surface area (Å²) in [5.41, 5.74) is 0.661. The zero-order chi connectivity index (χ0) is 21.0. The van der Waals surface area contributed by atoms with Crippen LogP contribution >= 0.6 is 11.6 Å². The molecule has 1 unspecified atom stereocenters. The molecule has 1 saturated heterocycles. The van der Waals surface area contributed by atoms with E-state index in [1.165, 1.54) is 10.6 Å². The Morgan fingerprint density at radius 2 is 1.77 bits per heavy atom. The number of rotatable bonds is 2. The summed E-state index contributed by atoms with van der Waals surface area (Å²) in [6.07, 6.45) is -1.48. The van der Waals surface area contributed by atoms with E-state index in [9.17, 15) is 18.0 Å². The first kappa shape index (κ1) is 19.4. The van der Waals surface area contributed by atoms with E-state index in [1.807, 2.05) is 0 Å². The zero-order valence-corrected chi connectivity index (χ0v) is 16.6. The monoisotopic (exact) mass is 434 g/mol. The number of alkyl halides is 3. The highest BCUT2D eigenvalue weighted by Crippen LogP contribution is 2.49. The molecule has 1 aliphatic heterocycles. The number of carbonyl (C=O) groups excluding carboxylic acids is 1. The van der Waals surface area contributed by atoms with Gasteiger partial charge in [0.1, 0.15) is 10.8 Å². The number of fused-ring (bicyclic) bond motifs is 2. The van der Waals surface area contributed by atoms with Crippen molar-refractivity contribution in [3.63, 3.8) is 0 Å². The first-order chi connectivity index (χ1) is 14.3. The fourth-order valence-electron chi connectivity index (χ4n) is 4.95. The number of hydrogen-bond donors (Lipinski definition) is 0. The third kappa shape index (κ3) is 3.33. The molecule has 5 nitrogen and oxygen atoms in total. The number of imidazole rings is 1. The van der Waals surface area contributed by atoms with E-state index in [0.717, 1.165) is 6.07 Å². The van der Waals surface area contributed by atoms with Gasteiger partial charge in [-0.15, -0.1) is 0 Å². The second-order valence-corrected chi connectivity index (χ2v) is 8.46. The van der Waals surface area contributed by atoms with Crippen LogP contribution in [0, 0.1) is 11.8 Å². The van der Waals surface area contributed by atoms with Crippen molar-refractivity contribution in [1.82, 2.24) is 19.5 Å². The van der Waals surface area contributed by atoms with Crippen molar-refractivity contribution in [2.45, 2.75) is 24.9 Å². The van der Waals surface area contributed by atoms with Crippen LogP contribution in [0.4, 0.5) is 13.2 Å². The van der Waals surface area contributed by atoms with E-state index in [0.29, 0.717) is 48.0 Å². The van der Waals surface area contributed by atoms with Gasteiger partial charge in [0.05, 0.1) is 11.8 Å². The van der Waals surface area contributed by atoms with Crippen LogP contribution in [0.15, 0.2) is 42.6 Å². The van der Waals surface area contributed by atoms with Crippen molar-refractivity contribution >= 4 is 23.2 Å². The van der Waals surface area contributed by atoms with Crippen LogP contribution in [0.5, 0.6) is 0 Å². The second-order valence-electron chi connectivity index (χ2n) is 8.07. The lowest BCUT2D eigenvalue weighted by molar-refractivity contribution is -0.138. The largest absolute Gasteiger partial charge is 0.416 e. The zero-order valence-electron chi connectivity index (χ0n) is 15.8. The smallest absolute Gasteiger partial charge is 0.337 e. The molecular weight excluding hydrogens is 417 g/mol. The number of halogens is 4. The van der Waals surface area contributed by atoms with Crippen LogP contribution < -0.4 is 0 Å². The van der Waals surface area contributed by atoms with Crippen molar-refractivity contribution in [1.29, 1.82) is 0 Å². The van der Waals surface area contributed by atoms with E-state index in [2.05, 4.69) is 10.1 Å². The Morgan fingerprint density at radius 1 is 1.07 bits per heavy atom. The standard InChI is InChI=1S/C21H18ClF3N4O/c22-18-5-6-19-26-17(11-29(19)27-18)20(30)28-9-13-7-12(8-14(13)10-28)15-3-1-2-4-16(15)21(23,24)25/h1-6,11-14H,7-10H2/t12?,13-,14+. The number of amides is 1. The average molecular weight is 435 g/mol. The van der Waals surface area contributed by atoms with Crippen molar-refractivity contribution in [2.75, 3.05) is 13.1 Å². The molecule has 0 spiro atoms. The number of carbonyl (C=O) groups is 1. The lowest BCUT2D eigenvalue weighted by atomic mass is 9.91. The average Bonchev–Trinajstić information content (AvgIpc) is 3.39. The SMILES string of the molecule is O=C(c1cn2nc(Cl)ccc2n1)N1C[C@H]2CC(c3ccccc3C(F)(F)F)C[C@H]2C1. The predicted octanol–water partition coefficient (Wildman–Crippen LogP) is 4.67. The fraction of sp³-hybridized carbons (Fsp3) is 0.381. The van der Waals surface area contributed by atoms with Gasteiger partial charge in [-0.2, -0.15) is 18.3 Å². The summed E-state index contributed by atoms with van der Waals surface area (Å²) < 4.78 is 41.6. The Morgan fingerprint density at radius 3 is 2.47 bits per heavy atom. The molecule has 30 heavy (non-hydrogen) atoms. The highest BCUT2D eigenvalue weighted by atomic mass is 35.5. The van der Waals surface area contributed by atoms with Gasteiger partial charge in [0.15, 0.2) is 5.65 Å². The minimum atomic E-state index is -4.35. The topological polar surface area (TPSA) is 50.5 Å². The van der Waals surface area contributed by atoms with Crippen LogP contribution in [-0.4, -0.2) is 38.5 Å². The van der Waals surface area contributed by atoms with Crippen molar-refractivity contribution in [3.8, 4) is 0 Å². The molecule has 5 rings (SSSR count). The van der Waals surface area contributed by atoms with Crippen LogP contribution in [0.25, 0.3) is 5.65 Å². The maximum atomic E-state index is 13.4. The number of nitrogens with zero attached hydrogens (tertiary/aromatic N) is 4. The van der Waals surface area contributed by atoms with Crippen LogP contribution in [0.1, 0.15) is 40.4 Å². The Labute approximate surface area is 175 Å². The summed E-state index contributed by atoms with van der Waals surface area (Å²) >= 11 is 5.88. The van der Waals surface area contributed by atoms with E-state index >= 15 is 0 Å². The van der Waals surface area contributed by atoms with E-state index in [1.54, 1.807) is 35.4 Å². The molecule has 1 amide bonds. The quantitative estimate of drug-likeness (QED) is 0.589. The third-order valence-electron chi connectivity index (χ3n) is 6.25. The normalized spacial score (nSPS) is 23.9. The van der Waals surface area contributed by atoms with Gasteiger partial charge in [-0.05, 0) is 54.4 Å². The molecule has 2 fully saturated rings. The van der Waals surface area contributed by atoms with E-state index < -0.39 is 11.7 Å². The van der Waals surface area contributed by atoms with E-state index in [-0.39, 0.29) is 23.7 Å². The van der Waals surface area contributed by atoms with Crippen molar-refractivity contribution < 1.29 is 18.0 Å². The lowest BCUT2D eigenvalue weighted by Crippen LogP contribution is -2.30. The van der Waals surface area contributed by atoms with Gasteiger partial charge in [0.2, 0.25) is 0 Å². The molecule has 0 radical (unpaired) electrons. The molecular formula is C21H18ClF3N4O. The van der Waals surface area contributed by atoms with Gasteiger partial charge in [0, 0.05) is 13.1 Å². The van der Waals surface area contributed by atoms with Gasteiger partial charge in [0.25, 0.3) is 5.91 Å². The molecule has 3 aromatic rings. The summed E-state index contributed by atoms with van der Waals surface area (Å²) in [6, 6.07) is 9.14. The number of likely N-dealkylation sites (tertiary alicyclic amines) is 1. The Bertz CT molecular complexity index is 1110. The third-order valence-corrected chi connectivity index (χ3v) is 6.45. The molecule has 0 bridgehead atoms. The fourth-order valence-corrected chi connectivity index (χ4v) is 5.10. The van der Waals surface area contributed by atoms with Crippen LogP contribution in [0.2, 0.25) is 5.15 Å². The minimum absolute atomic E-state index is 0.128. The highest BCUT2D eigenvalue weighted by Gasteiger charge is 2.45. The minimum Gasteiger partial charge on any atom is -0.337 e.